The molecule has 148 valence electrons. The highest BCUT2D eigenvalue weighted by Crippen LogP contribution is 2.20. The molecule has 2 heterocycles. The summed E-state index contributed by atoms with van der Waals surface area (Å²) in [7, 11) is 0. The Morgan fingerprint density at radius 1 is 0.793 bits per heavy atom. The molecule has 3 aromatic rings. The van der Waals surface area contributed by atoms with E-state index >= 15 is 0 Å². The predicted molar refractivity (Wildman–Crippen MR) is 114 cm³/mol. The van der Waals surface area contributed by atoms with Crippen LogP contribution in [-0.2, 0) is 0 Å². The Labute approximate surface area is 170 Å². The Kier molecular flexibility index (Phi) is 5.01. The maximum Gasteiger partial charge on any atom is 0.254 e. The zero-order chi connectivity index (χ0) is 20.5. The number of amides is 1. The van der Waals surface area contributed by atoms with E-state index in [4.69, 9.17) is 0 Å². The summed E-state index contributed by atoms with van der Waals surface area (Å²) < 4.78 is 0. The van der Waals surface area contributed by atoms with Crippen LogP contribution in [-0.4, -0.2) is 52.7 Å². The van der Waals surface area contributed by atoms with Crippen molar-refractivity contribution in [3.05, 3.63) is 65.0 Å². The van der Waals surface area contributed by atoms with Crippen molar-refractivity contribution >= 4 is 28.4 Å². The van der Waals surface area contributed by atoms with Crippen LogP contribution in [0.3, 0.4) is 0 Å². The fraction of sp³-hybridized carbons (Fsp3) is 0.304. The van der Waals surface area contributed by atoms with Crippen LogP contribution in [0.2, 0.25) is 0 Å². The fourth-order valence-corrected chi connectivity index (χ4v) is 3.62. The third kappa shape index (κ3) is 3.83. The molecule has 0 aliphatic carbocycles. The summed E-state index contributed by atoms with van der Waals surface area (Å²) in [5, 5.41) is 0. The van der Waals surface area contributed by atoms with Crippen molar-refractivity contribution in [1.82, 2.24) is 14.9 Å². The zero-order valence-electron chi connectivity index (χ0n) is 17.0. The van der Waals surface area contributed by atoms with E-state index in [1.165, 1.54) is 0 Å². The number of fused-ring (bicyclic) bond motifs is 1. The van der Waals surface area contributed by atoms with Crippen LogP contribution in [0, 0.1) is 13.8 Å². The van der Waals surface area contributed by atoms with Gasteiger partial charge in [0.15, 0.2) is 5.78 Å². The quantitative estimate of drug-likeness (QED) is 0.643. The van der Waals surface area contributed by atoms with Gasteiger partial charge in [0, 0.05) is 43.0 Å². The normalized spacial score (nSPS) is 14.3. The maximum absolute atomic E-state index is 13.0. The molecule has 1 aromatic heterocycles. The molecule has 0 atom stereocenters. The van der Waals surface area contributed by atoms with Crippen LogP contribution in [0.1, 0.15) is 39.0 Å². The second kappa shape index (κ2) is 7.62. The van der Waals surface area contributed by atoms with E-state index < -0.39 is 0 Å². The van der Waals surface area contributed by atoms with Gasteiger partial charge < -0.3 is 9.80 Å². The second-order valence-electron chi connectivity index (χ2n) is 7.48. The molecule has 0 unspecified atom stereocenters. The van der Waals surface area contributed by atoms with Crippen LogP contribution in [0.5, 0.6) is 0 Å². The third-order valence-corrected chi connectivity index (χ3v) is 5.53. The minimum atomic E-state index is 0.0264. The molecule has 0 radical (unpaired) electrons. The number of carbonyl (C=O) groups is 2. The van der Waals surface area contributed by atoms with Gasteiger partial charge >= 0.3 is 0 Å². The minimum Gasteiger partial charge on any atom is -0.368 e. The first kappa shape index (κ1) is 19.1. The van der Waals surface area contributed by atoms with E-state index in [-0.39, 0.29) is 11.7 Å². The molecule has 4 rings (SSSR count). The van der Waals surface area contributed by atoms with Crippen molar-refractivity contribution in [3.8, 4) is 0 Å². The van der Waals surface area contributed by atoms with E-state index in [0.29, 0.717) is 24.2 Å². The third-order valence-electron chi connectivity index (χ3n) is 5.53. The largest absolute Gasteiger partial charge is 0.368 e. The lowest BCUT2D eigenvalue weighted by Gasteiger charge is -2.36. The van der Waals surface area contributed by atoms with Gasteiger partial charge in [-0.3, -0.25) is 9.59 Å². The molecule has 1 amide bonds. The van der Waals surface area contributed by atoms with Gasteiger partial charge in [0.05, 0.1) is 22.4 Å². The van der Waals surface area contributed by atoms with Crippen molar-refractivity contribution in [1.29, 1.82) is 0 Å². The predicted octanol–water partition coefficient (Wildman–Crippen LogP) is 3.41. The number of carbonyl (C=O) groups excluding carboxylic acids is 2. The molecule has 1 aliphatic heterocycles. The zero-order valence-corrected chi connectivity index (χ0v) is 17.0. The van der Waals surface area contributed by atoms with Crippen LogP contribution < -0.4 is 4.90 Å². The molecule has 6 heteroatoms. The molecule has 1 aliphatic rings. The molecular weight excluding hydrogens is 364 g/mol. The van der Waals surface area contributed by atoms with Gasteiger partial charge in [-0.1, -0.05) is 0 Å². The summed E-state index contributed by atoms with van der Waals surface area (Å²) in [5.41, 5.74) is 5.79. The summed E-state index contributed by atoms with van der Waals surface area (Å²) in [5.74, 6) is 0.0934. The van der Waals surface area contributed by atoms with E-state index in [1.807, 2.05) is 61.2 Å². The van der Waals surface area contributed by atoms with Crippen LogP contribution in [0.4, 0.5) is 5.69 Å². The van der Waals surface area contributed by atoms with E-state index in [1.54, 1.807) is 6.92 Å². The van der Waals surface area contributed by atoms with Gasteiger partial charge in [-0.05, 0) is 63.2 Å². The summed E-state index contributed by atoms with van der Waals surface area (Å²) in [6, 6.07) is 13.2. The maximum atomic E-state index is 13.0. The van der Waals surface area contributed by atoms with E-state index in [0.717, 1.165) is 41.2 Å². The van der Waals surface area contributed by atoms with Gasteiger partial charge in [-0.15, -0.1) is 0 Å². The molecule has 0 N–H and O–H groups in total. The standard InChI is InChI=1S/C23H24N4O2/c1-15-16(2)25-22-14-19(6-9-21(22)24-15)23(29)27-12-10-26(11-13-27)20-7-4-18(5-8-20)17(3)28/h4-9,14H,10-13H2,1-3H3. The van der Waals surface area contributed by atoms with Crippen molar-refractivity contribution in [3.63, 3.8) is 0 Å². The van der Waals surface area contributed by atoms with E-state index in [2.05, 4.69) is 14.9 Å². The first-order chi connectivity index (χ1) is 13.9. The summed E-state index contributed by atoms with van der Waals surface area (Å²) in [4.78, 5) is 37.6. The van der Waals surface area contributed by atoms with Crippen molar-refractivity contribution in [2.24, 2.45) is 0 Å². The van der Waals surface area contributed by atoms with Gasteiger partial charge in [0.2, 0.25) is 0 Å². The van der Waals surface area contributed by atoms with Crippen molar-refractivity contribution in [2.45, 2.75) is 20.8 Å². The van der Waals surface area contributed by atoms with Gasteiger partial charge in [0.1, 0.15) is 0 Å². The minimum absolute atomic E-state index is 0.0264. The number of ketones is 1. The average Bonchev–Trinajstić information content (AvgIpc) is 2.74. The number of anilines is 1. The second-order valence-corrected chi connectivity index (χ2v) is 7.48. The van der Waals surface area contributed by atoms with E-state index in [9.17, 15) is 9.59 Å². The smallest absolute Gasteiger partial charge is 0.254 e. The number of rotatable bonds is 3. The number of hydrogen-bond donors (Lipinski definition) is 0. The molecule has 1 fully saturated rings. The number of aromatic nitrogens is 2. The highest BCUT2D eigenvalue weighted by atomic mass is 16.2. The molecule has 0 spiro atoms. The molecule has 1 saturated heterocycles. The average molecular weight is 388 g/mol. The van der Waals surface area contributed by atoms with Gasteiger partial charge in [0.25, 0.3) is 5.91 Å². The van der Waals surface area contributed by atoms with Crippen molar-refractivity contribution < 1.29 is 9.59 Å². The van der Waals surface area contributed by atoms with Gasteiger partial charge in [-0.2, -0.15) is 0 Å². The fourth-order valence-electron chi connectivity index (χ4n) is 3.62. The Balaban J connectivity index is 1.45. The topological polar surface area (TPSA) is 66.4 Å². The SMILES string of the molecule is CC(=O)c1ccc(N2CCN(C(=O)c3ccc4nc(C)c(C)nc4c3)CC2)cc1. The van der Waals surface area contributed by atoms with Crippen molar-refractivity contribution in [2.75, 3.05) is 31.1 Å². The van der Waals surface area contributed by atoms with Crippen LogP contribution in [0.25, 0.3) is 11.0 Å². The Morgan fingerprint density at radius 3 is 2.00 bits per heavy atom. The molecule has 2 aromatic carbocycles. The lowest BCUT2D eigenvalue weighted by molar-refractivity contribution is 0.0746. The summed E-state index contributed by atoms with van der Waals surface area (Å²) in [6.07, 6.45) is 0. The number of hydrogen-bond acceptors (Lipinski definition) is 5. The number of Topliss-reactive ketones (excluding diaryl/α,β-unsaturated/α-hetero) is 1. The highest BCUT2D eigenvalue weighted by Gasteiger charge is 2.23. The first-order valence-electron chi connectivity index (χ1n) is 9.82. The van der Waals surface area contributed by atoms with Crippen LogP contribution >= 0.6 is 0 Å². The lowest BCUT2D eigenvalue weighted by Crippen LogP contribution is -2.48. The molecule has 29 heavy (non-hydrogen) atoms. The highest BCUT2D eigenvalue weighted by molar-refractivity contribution is 5.97. The number of piperazine rings is 1. The Hall–Kier alpha value is -3.28. The number of nitrogens with zero attached hydrogens (tertiary/aromatic N) is 4. The number of benzene rings is 2. The van der Waals surface area contributed by atoms with Crippen LogP contribution in [0.15, 0.2) is 42.5 Å². The summed E-state index contributed by atoms with van der Waals surface area (Å²) >= 11 is 0. The first-order valence-corrected chi connectivity index (χ1v) is 9.82. The molecular formula is C23H24N4O2. The number of aryl methyl sites for hydroxylation is 2. The Bertz CT molecular complexity index is 1080. The monoisotopic (exact) mass is 388 g/mol. The van der Waals surface area contributed by atoms with Gasteiger partial charge in [-0.25, -0.2) is 9.97 Å². The Morgan fingerprint density at radius 2 is 1.38 bits per heavy atom. The summed E-state index contributed by atoms with van der Waals surface area (Å²) in [6.45, 7) is 8.27. The molecule has 0 bridgehead atoms. The lowest BCUT2D eigenvalue weighted by atomic mass is 10.1. The molecule has 6 nitrogen and oxygen atoms in total. The molecule has 0 saturated carbocycles.